The Labute approximate surface area is 116 Å². The van der Waals surface area contributed by atoms with Crippen LogP contribution < -0.4 is 11.5 Å². The van der Waals surface area contributed by atoms with Crippen molar-refractivity contribution in [3.05, 3.63) is 60.7 Å². The quantitative estimate of drug-likeness (QED) is 0.365. The van der Waals surface area contributed by atoms with E-state index < -0.39 is 0 Å². The molecule has 0 atom stereocenters. The van der Waals surface area contributed by atoms with E-state index in [1.165, 1.54) is 21.5 Å². The first-order valence-corrected chi connectivity index (χ1v) is 6.64. The molecule has 0 aliphatic heterocycles. The number of hydrogen-bond acceptors (Lipinski definition) is 2. The molecule has 4 aromatic rings. The number of fused-ring (bicyclic) bond motifs is 5. The van der Waals surface area contributed by atoms with E-state index in [9.17, 15) is 0 Å². The molecule has 0 aliphatic carbocycles. The van der Waals surface area contributed by atoms with Gasteiger partial charge < -0.3 is 11.5 Å². The molecule has 0 bridgehead atoms. The lowest BCUT2D eigenvalue weighted by Gasteiger charge is -2.10. The van der Waals surface area contributed by atoms with Crippen molar-refractivity contribution in [1.29, 1.82) is 0 Å². The van der Waals surface area contributed by atoms with Crippen LogP contribution in [0.3, 0.4) is 0 Å². The smallest absolute Gasteiger partial charge is 0.0393 e. The standard InChI is InChI=1S/C18H14N2/c19-17-5-1-3-11-13-7-10-16-12(4-2-6-18(16)20)14(13)8-9-15(11)17/h1-10H,19-20H2. The van der Waals surface area contributed by atoms with Gasteiger partial charge in [0.2, 0.25) is 0 Å². The first-order valence-electron chi connectivity index (χ1n) is 6.64. The summed E-state index contributed by atoms with van der Waals surface area (Å²) < 4.78 is 0. The molecule has 0 unspecified atom stereocenters. The largest absolute Gasteiger partial charge is 0.398 e. The van der Waals surface area contributed by atoms with E-state index in [4.69, 9.17) is 11.5 Å². The van der Waals surface area contributed by atoms with Gasteiger partial charge in [0.1, 0.15) is 0 Å². The van der Waals surface area contributed by atoms with Crippen LogP contribution >= 0.6 is 0 Å². The summed E-state index contributed by atoms with van der Waals surface area (Å²) in [7, 11) is 0. The molecule has 0 aliphatic rings. The zero-order valence-electron chi connectivity index (χ0n) is 10.9. The maximum absolute atomic E-state index is 6.06. The van der Waals surface area contributed by atoms with E-state index in [0.29, 0.717) is 0 Å². The summed E-state index contributed by atoms with van der Waals surface area (Å²) in [5, 5.41) is 7.01. The number of hydrogen-bond donors (Lipinski definition) is 2. The van der Waals surface area contributed by atoms with Crippen molar-refractivity contribution in [2.45, 2.75) is 0 Å². The fourth-order valence-corrected chi connectivity index (χ4v) is 2.99. The van der Waals surface area contributed by atoms with Gasteiger partial charge in [-0.1, -0.05) is 48.5 Å². The summed E-state index contributed by atoms with van der Waals surface area (Å²) in [6, 6.07) is 20.6. The Morgan fingerprint density at radius 3 is 1.20 bits per heavy atom. The number of nitrogens with two attached hydrogens (primary N) is 2. The number of rotatable bonds is 0. The number of benzene rings is 4. The normalized spacial score (nSPS) is 11.4. The van der Waals surface area contributed by atoms with Gasteiger partial charge in [0, 0.05) is 22.1 Å². The van der Waals surface area contributed by atoms with Crippen LogP contribution in [0, 0.1) is 0 Å². The second-order valence-corrected chi connectivity index (χ2v) is 5.11. The van der Waals surface area contributed by atoms with Gasteiger partial charge in [-0.15, -0.1) is 0 Å². The molecule has 4 aromatic carbocycles. The van der Waals surface area contributed by atoms with E-state index in [2.05, 4.69) is 36.4 Å². The van der Waals surface area contributed by atoms with Crippen molar-refractivity contribution in [3.63, 3.8) is 0 Å². The first-order chi connectivity index (χ1) is 9.75. The lowest BCUT2D eigenvalue weighted by molar-refractivity contribution is 1.74. The maximum Gasteiger partial charge on any atom is 0.0393 e. The van der Waals surface area contributed by atoms with Gasteiger partial charge in [-0.3, -0.25) is 0 Å². The predicted octanol–water partition coefficient (Wildman–Crippen LogP) is 4.31. The molecule has 4 rings (SSSR count). The second-order valence-electron chi connectivity index (χ2n) is 5.11. The minimum atomic E-state index is 0.817. The monoisotopic (exact) mass is 258 g/mol. The molecule has 0 saturated heterocycles. The third-order valence-electron chi connectivity index (χ3n) is 3.98. The van der Waals surface area contributed by atoms with Crippen molar-refractivity contribution in [3.8, 4) is 0 Å². The molecular formula is C18H14N2. The molecule has 4 N–H and O–H groups in total. The van der Waals surface area contributed by atoms with Crippen LogP contribution in [0.4, 0.5) is 11.4 Å². The third kappa shape index (κ3) is 1.39. The minimum Gasteiger partial charge on any atom is -0.398 e. The molecule has 0 saturated carbocycles. The highest BCUT2D eigenvalue weighted by atomic mass is 14.6. The van der Waals surface area contributed by atoms with Crippen LogP contribution in [-0.4, -0.2) is 0 Å². The Hall–Kier alpha value is -2.74. The molecule has 0 spiro atoms. The average Bonchev–Trinajstić information content (AvgIpc) is 2.47. The van der Waals surface area contributed by atoms with Crippen molar-refractivity contribution >= 4 is 43.7 Å². The molecule has 0 aromatic heterocycles. The van der Waals surface area contributed by atoms with Crippen molar-refractivity contribution in [1.82, 2.24) is 0 Å². The summed E-state index contributed by atoms with van der Waals surface area (Å²) >= 11 is 0. The number of anilines is 2. The molecule has 20 heavy (non-hydrogen) atoms. The zero-order valence-corrected chi connectivity index (χ0v) is 10.9. The molecule has 2 heteroatoms. The summed E-state index contributed by atoms with van der Waals surface area (Å²) in [4.78, 5) is 0. The van der Waals surface area contributed by atoms with Crippen LogP contribution in [0.5, 0.6) is 0 Å². The highest BCUT2D eigenvalue weighted by Crippen LogP contribution is 2.34. The molecule has 0 fully saturated rings. The summed E-state index contributed by atoms with van der Waals surface area (Å²) in [5.74, 6) is 0. The lowest BCUT2D eigenvalue weighted by Crippen LogP contribution is -1.89. The van der Waals surface area contributed by atoms with Crippen molar-refractivity contribution in [2.75, 3.05) is 11.5 Å². The Morgan fingerprint density at radius 1 is 0.400 bits per heavy atom. The summed E-state index contributed by atoms with van der Waals surface area (Å²) in [6.07, 6.45) is 0. The minimum absolute atomic E-state index is 0.817. The molecule has 2 nitrogen and oxygen atoms in total. The van der Waals surface area contributed by atoms with Gasteiger partial charge in [0.25, 0.3) is 0 Å². The zero-order chi connectivity index (χ0) is 13.7. The van der Waals surface area contributed by atoms with E-state index >= 15 is 0 Å². The Balaban J connectivity index is 2.28. The molecule has 0 heterocycles. The van der Waals surface area contributed by atoms with E-state index in [1.54, 1.807) is 0 Å². The predicted molar refractivity (Wildman–Crippen MR) is 87.8 cm³/mol. The van der Waals surface area contributed by atoms with Gasteiger partial charge in [0.05, 0.1) is 0 Å². The highest BCUT2D eigenvalue weighted by Gasteiger charge is 2.06. The summed E-state index contributed by atoms with van der Waals surface area (Å²) in [6.45, 7) is 0. The molecule has 0 radical (unpaired) electrons. The van der Waals surface area contributed by atoms with Gasteiger partial charge in [-0.2, -0.15) is 0 Å². The van der Waals surface area contributed by atoms with Crippen LogP contribution in [0.1, 0.15) is 0 Å². The Kier molecular flexibility index (Phi) is 2.15. The molecular weight excluding hydrogens is 244 g/mol. The fraction of sp³-hybridized carbons (Fsp3) is 0. The van der Waals surface area contributed by atoms with Crippen molar-refractivity contribution < 1.29 is 0 Å². The van der Waals surface area contributed by atoms with E-state index in [-0.39, 0.29) is 0 Å². The summed E-state index contributed by atoms with van der Waals surface area (Å²) in [5.41, 5.74) is 13.8. The Bertz CT molecular complexity index is 890. The van der Waals surface area contributed by atoms with Crippen molar-refractivity contribution in [2.24, 2.45) is 0 Å². The second kappa shape index (κ2) is 3.87. The Morgan fingerprint density at radius 2 is 0.750 bits per heavy atom. The first kappa shape index (κ1) is 11.1. The van der Waals surface area contributed by atoms with Gasteiger partial charge >= 0.3 is 0 Å². The maximum atomic E-state index is 6.06. The topological polar surface area (TPSA) is 52.0 Å². The van der Waals surface area contributed by atoms with Gasteiger partial charge in [-0.25, -0.2) is 0 Å². The average molecular weight is 258 g/mol. The fourth-order valence-electron chi connectivity index (χ4n) is 2.99. The molecule has 0 amide bonds. The van der Waals surface area contributed by atoms with Crippen LogP contribution in [-0.2, 0) is 0 Å². The van der Waals surface area contributed by atoms with Gasteiger partial charge in [0.15, 0.2) is 0 Å². The van der Waals surface area contributed by atoms with Gasteiger partial charge in [-0.05, 0) is 33.7 Å². The lowest BCUT2D eigenvalue weighted by atomic mass is 9.96. The molecule has 96 valence electrons. The number of nitrogen functional groups attached to an aromatic ring is 2. The van der Waals surface area contributed by atoms with E-state index in [1.807, 2.05) is 24.3 Å². The SMILES string of the molecule is Nc1cccc2c1ccc1c3cccc(N)c3ccc21. The van der Waals surface area contributed by atoms with E-state index in [0.717, 1.165) is 22.1 Å². The van der Waals surface area contributed by atoms with Crippen LogP contribution in [0.25, 0.3) is 32.3 Å². The van der Waals surface area contributed by atoms with Crippen LogP contribution in [0.15, 0.2) is 60.7 Å². The third-order valence-corrected chi connectivity index (χ3v) is 3.98. The highest BCUT2D eigenvalue weighted by molar-refractivity contribution is 6.20. The van der Waals surface area contributed by atoms with Crippen LogP contribution in [0.2, 0.25) is 0 Å².